The molecule has 0 atom stereocenters. The van der Waals surface area contributed by atoms with Gasteiger partial charge >= 0.3 is 0 Å². The molecule has 0 aliphatic rings. The number of aryl methyl sites for hydroxylation is 3. The minimum Gasteiger partial charge on any atom is -0.385 e. The second-order valence-corrected chi connectivity index (χ2v) is 4.43. The molecule has 0 saturated carbocycles. The first kappa shape index (κ1) is 11.7. The van der Waals surface area contributed by atoms with Gasteiger partial charge in [0, 0.05) is 38.1 Å². The Kier molecular flexibility index (Phi) is 3.47. The Morgan fingerprint density at radius 3 is 2.71 bits per heavy atom. The molecule has 1 aromatic heterocycles. The lowest BCUT2D eigenvalue weighted by atomic mass is 10.1. The van der Waals surface area contributed by atoms with Gasteiger partial charge in [-0.1, -0.05) is 6.07 Å². The average molecular weight is 229 g/mol. The molecular formula is C14H19N3. The molecule has 0 aliphatic carbocycles. The van der Waals surface area contributed by atoms with Gasteiger partial charge in [0.25, 0.3) is 0 Å². The fourth-order valence-electron chi connectivity index (χ4n) is 1.81. The quantitative estimate of drug-likeness (QED) is 0.873. The van der Waals surface area contributed by atoms with Gasteiger partial charge in [0.15, 0.2) is 0 Å². The SMILES string of the molecule is Cc1ccc(NCCc2nccn2C)cc1C. The maximum absolute atomic E-state index is 4.30. The van der Waals surface area contributed by atoms with E-state index in [9.17, 15) is 0 Å². The van der Waals surface area contributed by atoms with Crippen LogP contribution in [0.25, 0.3) is 0 Å². The number of hydrogen-bond donors (Lipinski definition) is 1. The van der Waals surface area contributed by atoms with Gasteiger partial charge in [0.2, 0.25) is 0 Å². The Bertz CT molecular complexity index is 500. The van der Waals surface area contributed by atoms with Crippen LogP contribution in [0.2, 0.25) is 0 Å². The van der Waals surface area contributed by atoms with Crippen LogP contribution in [0.15, 0.2) is 30.6 Å². The second-order valence-electron chi connectivity index (χ2n) is 4.43. The molecule has 2 aromatic rings. The van der Waals surface area contributed by atoms with Crippen LogP contribution in [-0.2, 0) is 13.5 Å². The Morgan fingerprint density at radius 2 is 2.06 bits per heavy atom. The average Bonchev–Trinajstić information content (AvgIpc) is 2.70. The summed E-state index contributed by atoms with van der Waals surface area (Å²) in [4.78, 5) is 4.30. The molecule has 0 saturated heterocycles. The van der Waals surface area contributed by atoms with Crippen LogP contribution in [0.3, 0.4) is 0 Å². The fourth-order valence-corrected chi connectivity index (χ4v) is 1.81. The van der Waals surface area contributed by atoms with Crippen LogP contribution in [0, 0.1) is 13.8 Å². The summed E-state index contributed by atoms with van der Waals surface area (Å²) in [7, 11) is 2.03. The monoisotopic (exact) mass is 229 g/mol. The lowest BCUT2D eigenvalue weighted by molar-refractivity contribution is 0.789. The zero-order valence-corrected chi connectivity index (χ0v) is 10.7. The zero-order chi connectivity index (χ0) is 12.3. The van der Waals surface area contributed by atoms with Gasteiger partial charge in [-0.2, -0.15) is 0 Å². The van der Waals surface area contributed by atoms with E-state index >= 15 is 0 Å². The van der Waals surface area contributed by atoms with Gasteiger partial charge in [-0.25, -0.2) is 4.98 Å². The van der Waals surface area contributed by atoms with Crippen LogP contribution >= 0.6 is 0 Å². The number of aromatic nitrogens is 2. The molecule has 0 radical (unpaired) electrons. The van der Waals surface area contributed by atoms with Crippen molar-refractivity contribution in [3.8, 4) is 0 Å². The van der Waals surface area contributed by atoms with E-state index in [4.69, 9.17) is 0 Å². The molecule has 3 nitrogen and oxygen atoms in total. The van der Waals surface area contributed by atoms with Gasteiger partial charge < -0.3 is 9.88 Å². The molecule has 17 heavy (non-hydrogen) atoms. The lowest BCUT2D eigenvalue weighted by Gasteiger charge is -2.08. The first-order valence-corrected chi connectivity index (χ1v) is 5.94. The summed E-state index contributed by atoms with van der Waals surface area (Å²) in [5.74, 6) is 1.11. The molecule has 0 aliphatic heterocycles. The first-order valence-electron chi connectivity index (χ1n) is 5.94. The largest absolute Gasteiger partial charge is 0.385 e. The van der Waals surface area contributed by atoms with Crippen LogP contribution in [0.1, 0.15) is 17.0 Å². The number of anilines is 1. The molecule has 1 aromatic carbocycles. The molecule has 1 N–H and O–H groups in total. The molecule has 1 heterocycles. The predicted octanol–water partition coefficient (Wildman–Crippen LogP) is 2.69. The molecule has 2 rings (SSSR count). The fraction of sp³-hybridized carbons (Fsp3) is 0.357. The maximum atomic E-state index is 4.30. The van der Waals surface area contributed by atoms with Crippen molar-refractivity contribution in [3.63, 3.8) is 0 Å². The van der Waals surface area contributed by atoms with E-state index in [1.807, 2.05) is 19.4 Å². The predicted molar refractivity (Wildman–Crippen MR) is 71.3 cm³/mol. The van der Waals surface area contributed by atoms with Crippen molar-refractivity contribution in [2.45, 2.75) is 20.3 Å². The lowest BCUT2D eigenvalue weighted by Crippen LogP contribution is -2.08. The van der Waals surface area contributed by atoms with Crippen molar-refractivity contribution in [1.82, 2.24) is 9.55 Å². The van der Waals surface area contributed by atoms with E-state index in [0.717, 1.165) is 18.8 Å². The second kappa shape index (κ2) is 5.04. The van der Waals surface area contributed by atoms with E-state index in [0.29, 0.717) is 0 Å². The molecule has 0 amide bonds. The number of nitrogens with one attached hydrogen (secondary N) is 1. The minimum absolute atomic E-state index is 0.910. The molecule has 0 fully saturated rings. The standard InChI is InChI=1S/C14H19N3/c1-11-4-5-13(10-12(11)2)15-7-6-14-16-8-9-17(14)3/h4-5,8-10,15H,6-7H2,1-3H3. The number of nitrogens with zero attached hydrogens (tertiary/aromatic N) is 2. The van der Waals surface area contributed by atoms with Gasteiger partial charge in [0.05, 0.1) is 0 Å². The highest BCUT2D eigenvalue weighted by molar-refractivity contribution is 5.48. The van der Waals surface area contributed by atoms with Crippen molar-refractivity contribution in [2.75, 3.05) is 11.9 Å². The molecule has 0 bridgehead atoms. The highest BCUT2D eigenvalue weighted by Crippen LogP contribution is 2.13. The number of benzene rings is 1. The van der Waals surface area contributed by atoms with Crippen molar-refractivity contribution >= 4 is 5.69 Å². The van der Waals surface area contributed by atoms with Gasteiger partial charge in [-0.3, -0.25) is 0 Å². The van der Waals surface area contributed by atoms with Crippen LogP contribution in [0.4, 0.5) is 5.69 Å². The van der Waals surface area contributed by atoms with Crippen molar-refractivity contribution < 1.29 is 0 Å². The van der Waals surface area contributed by atoms with E-state index in [1.165, 1.54) is 16.8 Å². The van der Waals surface area contributed by atoms with E-state index in [-0.39, 0.29) is 0 Å². The number of rotatable bonds is 4. The third-order valence-corrected chi connectivity index (χ3v) is 3.11. The topological polar surface area (TPSA) is 29.9 Å². The zero-order valence-electron chi connectivity index (χ0n) is 10.7. The van der Waals surface area contributed by atoms with E-state index in [2.05, 4.69) is 46.9 Å². The molecule has 0 unspecified atom stereocenters. The van der Waals surface area contributed by atoms with Crippen LogP contribution < -0.4 is 5.32 Å². The number of hydrogen-bond acceptors (Lipinski definition) is 2. The third-order valence-electron chi connectivity index (χ3n) is 3.11. The third kappa shape index (κ3) is 2.87. The Labute approximate surface area is 103 Å². The summed E-state index contributed by atoms with van der Waals surface area (Å²) >= 11 is 0. The molecule has 0 spiro atoms. The minimum atomic E-state index is 0.910. The Balaban J connectivity index is 1.90. The summed E-state index contributed by atoms with van der Waals surface area (Å²) in [6.45, 7) is 5.18. The maximum Gasteiger partial charge on any atom is 0.110 e. The Morgan fingerprint density at radius 1 is 1.24 bits per heavy atom. The summed E-state index contributed by atoms with van der Waals surface area (Å²) < 4.78 is 2.06. The van der Waals surface area contributed by atoms with Crippen molar-refractivity contribution in [1.29, 1.82) is 0 Å². The highest BCUT2D eigenvalue weighted by atomic mass is 15.0. The smallest absolute Gasteiger partial charge is 0.110 e. The normalized spacial score (nSPS) is 10.5. The van der Waals surface area contributed by atoms with Crippen molar-refractivity contribution in [2.24, 2.45) is 7.05 Å². The van der Waals surface area contributed by atoms with Crippen LogP contribution in [0.5, 0.6) is 0 Å². The first-order chi connectivity index (χ1) is 8.16. The van der Waals surface area contributed by atoms with Gasteiger partial charge in [-0.05, 0) is 37.1 Å². The molecule has 3 heteroatoms. The molecular weight excluding hydrogens is 210 g/mol. The number of imidazole rings is 1. The summed E-state index contributed by atoms with van der Waals surface area (Å²) in [6, 6.07) is 6.47. The highest BCUT2D eigenvalue weighted by Gasteiger charge is 1.99. The van der Waals surface area contributed by atoms with Crippen LogP contribution in [-0.4, -0.2) is 16.1 Å². The van der Waals surface area contributed by atoms with Gasteiger partial charge in [-0.15, -0.1) is 0 Å². The van der Waals surface area contributed by atoms with E-state index in [1.54, 1.807) is 0 Å². The Hall–Kier alpha value is -1.77. The summed E-state index contributed by atoms with van der Waals surface area (Å²) in [6.07, 6.45) is 4.76. The summed E-state index contributed by atoms with van der Waals surface area (Å²) in [5.41, 5.74) is 3.84. The molecule has 90 valence electrons. The van der Waals surface area contributed by atoms with Gasteiger partial charge in [0.1, 0.15) is 5.82 Å². The summed E-state index contributed by atoms with van der Waals surface area (Å²) in [5, 5.41) is 3.42. The van der Waals surface area contributed by atoms with Crippen molar-refractivity contribution in [3.05, 3.63) is 47.5 Å². The van der Waals surface area contributed by atoms with E-state index < -0.39 is 0 Å².